The van der Waals surface area contributed by atoms with Gasteiger partial charge >= 0.3 is 0 Å². The van der Waals surface area contributed by atoms with Crippen molar-refractivity contribution in [2.45, 2.75) is 57.2 Å². The van der Waals surface area contributed by atoms with Gasteiger partial charge in [0.2, 0.25) is 5.91 Å². The van der Waals surface area contributed by atoms with Crippen LogP contribution >= 0.6 is 11.6 Å². The highest BCUT2D eigenvalue weighted by atomic mass is 35.5. The number of fused-ring (bicyclic) bond motifs is 3. The molecule has 4 atom stereocenters. The fourth-order valence-corrected chi connectivity index (χ4v) is 8.24. The lowest BCUT2D eigenvalue weighted by Gasteiger charge is -2.58. The molecule has 198 valence electrons. The SMILES string of the molecule is COc1ccc2c(c1)c(/C=C1\CC[C@@H]3[C@H]4CCCN5CCC[C@@H](CN3C1=O)[C@@H]45)cn2Cc1cccc(Cl)c1. The molecule has 1 amide bonds. The molecule has 6 heteroatoms. The normalized spacial score (nSPS) is 28.4. The van der Waals surface area contributed by atoms with Crippen molar-refractivity contribution >= 4 is 34.5 Å². The maximum atomic E-state index is 14.0. The Bertz CT molecular complexity index is 1410. The molecule has 4 aliphatic rings. The van der Waals surface area contributed by atoms with E-state index in [0.717, 1.165) is 64.3 Å². The maximum absolute atomic E-state index is 14.0. The Labute approximate surface area is 230 Å². The summed E-state index contributed by atoms with van der Waals surface area (Å²) in [6.45, 7) is 4.16. The van der Waals surface area contributed by atoms with Gasteiger partial charge in [-0.2, -0.15) is 0 Å². The number of benzene rings is 2. The van der Waals surface area contributed by atoms with Gasteiger partial charge in [-0.1, -0.05) is 23.7 Å². The summed E-state index contributed by atoms with van der Waals surface area (Å²) >= 11 is 6.27. The second-order valence-electron chi connectivity index (χ2n) is 11.7. The van der Waals surface area contributed by atoms with Crippen molar-refractivity contribution in [3.8, 4) is 5.75 Å². The van der Waals surface area contributed by atoms with Crippen molar-refractivity contribution in [2.24, 2.45) is 11.8 Å². The van der Waals surface area contributed by atoms with Gasteiger partial charge in [-0.05, 0) is 105 Å². The van der Waals surface area contributed by atoms with Crippen molar-refractivity contribution in [1.82, 2.24) is 14.4 Å². The number of carbonyl (C=O) groups excluding carboxylic acids is 1. The van der Waals surface area contributed by atoms with E-state index in [-0.39, 0.29) is 5.91 Å². The second-order valence-corrected chi connectivity index (χ2v) is 12.1. The van der Waals surface area contributed by atoms with E-state index in [1.54, 1.807) is 7.11 Å². The topological polar surface area (TPSA) is 37.7 Å². The van der Waals surface area contributed by atoms with E-state index in [1.807, 2.05) is 24.3 Å². The Morgan fingerprint density at radius 2 is 1.95 bits per heavy atom. The van der Waals surface area contributed by atoms with Crippen LogP contribution in [0, 0.1) is 11.8 Å². The number of rotatable bonds is 4. The van der Waals surface area contributed by atoms with Gasteiger partial charge in [0.1, 0.15) is 5.75 Å². The summed E-state index contributed by atoms with van der Waals surface area (Å²) in [5, 5.41) is 1.86. The number of amides is 1. The molecule has 0 unspecified atom stereocenters. The van der Waals surface area contributed by atoms with Gasteiger partial charge < -0.3 is 14.2 Å². The first-order valence-corrected chi connectivity index (χ1v) is 14.6. The zero-order valence-electron chi connectivity index (χ0n) is 22.1. The van der Waals surface area contributed by atoms with Gasteiger partial charge in [0.05, 0.1) is 7.11 Å². The second kappa shape index (κ2) is 9.77. The molecule has 4 aliphatic heterocycles. The zero-order chi connectivity index (χ0) is 25.8. The molecule has 5 heterocycles. The smallest absolute Gasteiger partial charge is 0.250 e. The van der Waals surface area contributed by atoms with Gasteiger partial charge in [0, 0.05) is 58.4 Å². The van der Waals surface area contributed by atoms with Gasteiger partial charge in [-0.15, -0.1) is 0 Å². The van der Waals surface area contributed by atoms with Crippen LogP contribution < -0.4 is 4.74 Å². The van der Waals surface area contributed by atoms with Crippen LogP contribution in [0.5, 0.6) is 5.75 Å². The first-order valence-electron chi connectivity index (χ1n) is 14.3. The Morgan fingerprint density at radius 3 is 2.79 bits per heavy atom. The summed E-state index contributed by atoms with van der Waals surface area (Å²) in [5.74, 6) is 2.38. The lowest BCUT2D eigenvalue weighted by molar-refractivity contribution is -0.145. The molecule has 0 radical (unpaired) electrons. The molecule has 0 aliphatic carbocycles. The van der Waals surface area contributed by atoms with Crippen LogP contribution in [0.3, 0.4) is 0 Å². The highest BCUT2D eigenvalue weighted by Gasteiger charge is 2.51. The summed E-state index contributed by atoms with van der Waals surface area (Å²) in [5.41, 5.74) is 4.31. The van der Waals surface area contributed by atoms with Gasteiger partial charge in [0.15, 0.2) is 0 Å². The summed E-state index contributed by atoms with van der Waals surface area (Å²) in [6.07, 6.45) is 11.4. The molecule has 0 spiro atoms. The van der Waals surface area contributed by atoms with E-state index in [1.165, 1.54) is 38.8 Å². The lowest BCUT2D eigenvalue weighted by atomic mass is 9.67. The van der Waals surface area contributed by atoms with Gasteiger partial charge in [-0.25, -0.2) is 0 Å². The standard InChI is InChI=1S/C32H36ClN3O2/c1-38-26-10-12-29-28(17-26)24(19-35(29)18-21-5-2-7-25(33)15-21)16-22-9-11-30-27-8-4-14-34-13-3-6-23(31(27)34)20-36(30)32(22)37/h2,5,7,10,12,15-17,19,23,27,30-31H,3-4,6,8-9,11,13-14,18,20H2,1H3/b22-16+/t23-,27+,30+,31-/m0/s1. The minimum Gasteiger partial charge on any atom is -0.497 e. The first-order chi connectivity index (χ1) is 18.6. The Kier molecular flexibility index (Phi) is 6.24. The Morgan fingerprint density at radius 1 is 1.08 bits per heavy atom. The highest BCUT2D eigenvalue weighted by Crippen LogP contribution is 2.45. The lowest BCUT2D eigenvalue weighted by Crippen LogP contribution is -2.66. The number of ether oxygens (including phenoxy) is 1. The molecule has 3 aromatic rings. The van der Waals surface area contributed by atoms with E-state index in [0.29, 0.717) is 23.9 Å². The molecule has 4 saturated heterocycles. The molecule has 0 N–H and O–H groups in total. The van der Waals surface area contributed by atoms with Gasteiger partial charge in [-0.3, -0.25) is 9.69 Å². The molecular weight excluding hydrogens is 494 g/mol. The molecule has 7 rings (SSSR count). The largest absolute Gasteiger partial charge is 0.497 e. The number of hydrogen-bond acceptors (Lipinski definition) is 3. The zero-order valence-corrected chi connectivity index (χ0v) is 22.9. The molecule has 38 heavy (non-hydrogen) atoms. The van der Waals surface area contributed by atoms with Crippen LogP contribution in [-0.4, -0.2) is 59.1 Å². The first kappa shape index (κ1) is 24.3. The average molecular weight is 530 g/mol. The van der Waals surface area contributed by atoms with Crippen molar-refractivity contribution in [1.29, 1.82) is 0 Å². The number of aromatic nitrogens is 1. The number of methoxy groups -OCH3 is 1. The van der Waals surface area contributed by atoms with Crippen molar-refractivity contribution in [3.63, 3.8) is 0 Å². The minimum atomic E-state index is 0.265. The molecule has 1 aromatic heterocycles. The molecular formula is C32H36ClN3O2. The van der Waals surface area contributed by atoms with Crippen molar-refractivity contribution in [2.75, 3.05) is 26.7 Å². The third-order valence-corrected chi connectivity index (χ3v) is 9.84. The quantitative estimate of drug-likeness (QED) is 0.376. The van der Waals surface area contributed by atoms with Crippen LogP contribution in [0.25, 0.3) is 17.0 Å². The van der Waals surface area contributed by atoms with Crippen molar-refractivity contribution in [3.05, 3.63) is 70.4 Å². The molecule has 5 nitrogen and oxygen atoms in total. The van der Waals surface area contributed by atoms with Crippen LogP contribution in [-0.2, 0) is 11.3 Å². The van der Waals surface area contributed by atoms with Crippen LogP contribution in [0.1, 0.15) is 49.7 Å². The van der Waals surface area contributed by atoms with E-state index >= 15 is 0 Å². The third kappa shape index (κ3) is 4.15. The van der Waals surface area contributed by atoms with E-state index in [2.05, 4.69) is 44.8 Å². The summed E-state index contributed by atoms with van der Waals surface area (Å²) in [4.78, 5) is 19.0. The number of halogens is 1. The third-order valence-electron chi connectivity index (χ3n) is 9.61. The molecule has 0 bridgehead atoms. The predicted octanol–water partition coefficient (Wildman–Crippen LogP) is 6.23. The monoisotopic (exact) mass is 529 g/mol. The Balaban J connectivity index is 1.22. The highest BCUT2D eigenvalue weighted by molar-refractivity contribution is 6.30. The molecule has 0 saturated carbocycles. The molecule has 2 aromatic carbocycles. The fourth-order valence-electron chi connectivity index (χ4n) is 8.02. The fraction of sp³-hybridized carbons (Fsp3) is 0.469. The predicted molar refractivity (Wildman–Crippen MR) is 153 cm³/mol. The molecule has 4 fully saturated rings. The van der Waals surface area contributed by atoms with Crippen molar-refractivity contribution < 1.29 is 9.53 Å². The number of carbonyl (C=O) groups is 1. The van der Waals surface area contributed by atoms with E-state index < -0.39 is 0 Å². The van der Waals surface area contributed by atoms with Gasteiger partial charge in [0.25, 0.3) is 0 Å². The van der Waals surface area contributed by atoms with E-state index in [9.17, 15) is 4.79 Å². The summed E-state index contributed by atoms with van der Waals surface area (Å²) in [6, 6.07) is 15.3. The van der Waals surface area contributed by atoms with Crippen LogP contribution in [0.2, 0.25) is 5.02 Å². The Hall–Kier alpha value is -2.76. The number of piperidine rings is 4. The summed E-state index contributed by atoms with van der Waals surface area (Å²) in [7, 11) is 1.70. The van der Waals surface area contributed by atoms with E-state index in [4.69, 9.17) is 16.3 Å². The number of nitrogens with zero attached hydrogens (tertiary/aromatic N) is 3. The summed E-state index contributed by atoms with van der Waals surface area (Å²) < 4.78 is 7.82. The average Bonchev–Trinajstić information content (AvgIpc) is 3.26. The minimum absolute atomic E-state index is 0.265. The van der Waals surface area contributed by atoms with Crippen LogP contribution in [0.15, 0.2) is 54.2 Å². The maximum Gasteiger partial charge on any atom is 0.250 e. The van der Waals surface area contributed by atoms with Crippen LogP contribution in [0.4, 0.5) is 0 Å². The number of hydrogen-bond donors (Lipinski definition) is 0.